The molecule has 2 rings (SSSR count). The normalized spacial score (nSPS) is 25.9. The van der Waals surface area contributed by atoms with Crippen molar-refractivity contribution in [2.45, 2.75) is 31.7 Å². The van der Waals surface area contributed by atoms with Crippen LogP contribution in [-0.2, 0) is 4.79 Å². The summed E-state index contributed by atoms with van der Waals surface area (Å²) in [4.78, 5) is 13.4. The Morgan fingerprint density at radius 2 is 2.13 bits per heavy atom. The van der Waals surface area contributed by atoms with E-state index in [9.17, 15) is 4.79 Å². The molecule has 2 aliphatic rings. The lowest BCUT2D eigenvalue weighted by molar-refractivity contribution is -0.129. The van der Waals surface area contributed by atoms with E-state index in [4.69, 9.17) is 11.6 Å². The number of likely N-dealkylation sites (tertiary alicyclic amines) is 1. The molecule has 1 aliphatic carbocycles. The third-order valence-electron chi connectivity index (χ3n) is 3.32. The first-order valence-electron chi connectivity index (χ1n) is 5.87. The molecular formula is C11H19ClN2O. The average molecular weight is 231 g/mol. The Kier molecular flexibility index (Phi) is 3.87. The quantitative estimate of drug-likeness (QED) is 0.721. The molecule has 0 radical (unpaired) electrons. The maximum atomic E-state index is 11.5. The number of hydrogen-bond acceptors (Lipinski definition) is 2. The molecule has 1 aliphatic heterocycles. The van der Waals surface area contributed by atoms with Gasteiger partial charge in [0, 0.05) is 19.1 Å². The lowest BCUT2D eigenvalue weighted by atomic mass is 10.2. The van der Waals surface area contributed by atoms with Crippen LogP contribution in [0.1, 0.15) is 25.7 Å². The van der Waals surface area contributed by atoms with E-state index in [0.717, 1.165) is 38.4 Å². The maximum absolute atomic E-state index is 11.5. The molecule has 1 N–H and O–H groups in total. The van der Waals surface area contributed by atoms with Gasteiger partial charge in [-0.05, 0) is 38.1 Å². The first kappa shape index (κ1) is 11.2. The summed E-state index contributed by atoms with van der Waals surface area (Å²) >= 11 is 5.58. The van der Waals surface area contributed by atoms with Gasteiger partial charge in [-0.2, -0.15) is 0 Å². The molecule has 1 atom stereocenters. The molecule has 1 saturated heterocycles. The fourth-order valence-electron chi connectivity index (χ4n) is 2.23. The van der Waals surface area contributed by atoms with Gasteiger partial charge in [-0.1, -0.05) is 0 Å². The number of nitrogens with one attached hydrogen (secondary N) is 1. The Balaban J connectivity index is 1.71. The van der Waals surface area contributed by atoms with Gasteiger partial charge in [-0.25, -0.2) is 0 Å². The van der Waals surface area contributed by atoms with Crippen molar-refractivity contribution in [3.8, 4) is 0 Å². The van der Waals surface area contributed by atoms with Crippen LogP contribution in [-0.4, -0.2) is 42.4 Å². The monoisotopic (exact) mass is 230 g/mol. The number of carbonyl (C=O) groups excluding carboxylic acids is 1. The second-order valence-electron chi connectivity index (χ2n) is 4.62. The lowest BCUT2D eigenvalue weighted by Crippen LogP contribution is -2.42. The van der Waals surface area contributed by atoms with E-state index in [1.807, 2.05) is 4.90 Å². The molecule has 0 aromatic carbocycles. The van der Waals surface area contributed by atoms with Crippen molar-refractivity contribution in [3.63, 3.8) is 0 Å². The molecular weight excluding hydrogens is 212 g/mol. The summed E-state index contributed by atoms with van der Waals surface area (Å²) in [5.41, 5.74) is 0. The van der Waals surface area contributed by atoms with Crippen LogP contribution in [0.3, 0.4) is 0 Å². The topological polar surface area (TPSA) is 32.3 Å². The largest absolute Gasteiger partial charge is 0.337 e. The van der Waals surface area contributed by atoms with Gasteiger partial charge in [0.25, 0.3) is 0 Å². The average Bonchev–Trinajstić information content (AvgIpc) is 2.95. The predicted molar refractivity (Wildman–Crippen MR) is 61.0 cm³/mol. The summed E-state index contributed by atoms with van der Waals surface area (Å²) in [6.07, 6.45) is 5.00. The SMILES string of the molecule is O=C(CCl)N1CCC[C@H]1CNCC1CC1. The van der Waals surface area contributed by atoms with Crippen molar-refractivity contribution >= 4 is 17.5 Å². The van der Waals surface area contributed by atoms with Gasteiger partial charge >= 0.3 is 0 Å². The minimum absolute atomic E-state index is 0.0902. The predicted octanol–water partition coefficient (Wildman–Crippen LogP) is 1.22. The highest BCUT2D eigenvalue weighted by Gasteiger charge is 2.28. The Labute approximate surface area is 96.2 Å². The molecule has 86 valence electrons. The summed E-state index contributed by atoms with van der Waals surface area (Å²) < 4.78 is 0. The maximum Gasteiger partial charge on any atom is 0.237 e. The van der Waals surface area contributed by atoms with Gasteiger partial charge in [0.2, 0.25) is 5.91 Å². The highest BCUT2D eigenvalue weighted by Crippen LogP contribution is 2.27. The second kappa shape index (κ2) is 5.17. The summed E-state index contributed by atoms with van der Waals surface area (Å²) in [7, 11) is 0. The number of alkyl halides is 1. The van der Waals surface area contributed by atoms with Crippen LogP contribution >= 0.6 is 11.6 Å². The minimum Gasteiger partial charge on any atom is -0.337 e. The third-order valence-corrected chi connectivity index (χ3v) is 3.55. The molecule has 0 bridgehead atoms. The van der Waals surface area contributed by atoms with Gasteiger partial charge in [0.05, 0.1) is 0 Å². The van der Waals surface area contributed by atoms with Crippen molar-refractivity contribution in [2.24, 2.45) is 5.92 Å². The zero-order valence-electron chi connectivity index (χ0n) is 9.04. The summed E-state index contributed by atoms with van der Waals surface area (Å²) in [6.45, 7) is 2.96. The highest BCUT2D eigenvalue weighted by atomic mass is 35.5. The van der Waals surface area contributed by atoms with E-state index in [1.54, 1.807) is 0 Å². The second-order valence-corrected chi connectivity index (χ2v) is 4.89. The first-order valence-corrected chi connectivity index (χ1v) is 6.41. The number of hydrogen-bond donors (Lipinski definition) is 1. The molecule has 0 aromatic rings. The zero-order valence-corrected chi connectivity index (χ0v) is 9.80. The molecule has 1 amide bonds. The van der Waals surface area contributed by atoms with Crippen LogP contribution in [0.5, 0.6) is 0 Å². The van der Waals surface area contributed by atoms with Crippen molar-refractivity contribution in [3.05, 3.63) is 0 Å². The smallest absolute Gasteiger partial charge is 0.237 e. The molecule has 0 aromatic heterocycles. The number of carbonyl (C=O) groups is 1. The zero-order chi connectivity index (χ0) is 10.7. The Hall–Kier alpha value is -0.280. The van der Waals surface area contributed by atoms with Crippen LogP contribution in [0, 0.1) is 5.92 Å². The van der Waals surface area contributed by atoms with Gasteiger partial charge in [-0.15, -0.1) is 11.6 Å². The van der Waals surface area contributed by atoms with Gasteiger partial charge in [-0.3, -0.25) is 4.79 Å². The fourth-order valence-corrected chi connectivity index (χ4v) is 2.38. The molecule has 1 saturated carbocycles. The van der Waals surface area contributed by atoms with Crippen molar-refractivity contribution in [1.82, 2.24) is 10.2 Å². The third kappa shape index (κ3) is 3.08. The van der Waals surface area contributed by atoms with E-state index >= 15 is 0 Å². The fraction of sp³-hybridized carbons (Fsp3) is 0.909. The Bertz CT molecular complexity index is 231. The Morgan fingerprint density at radius 3 is 2.80 bits per heavy atom. The molecule has 0 unspecified atom stereocenters. The number of rotatable bonds is 5. The number of nitrogens with zero attached hydrogens (tertiary/aromatic N) is 1. The van der Waals surface area contributed by atoms with E-state index in [2.05, 4.69) is 5.32 Å². The van der Waals surface area contributed by atoms with Crippen molar-refractivity contribution < 1.29 is 4.79 Å². The van der Waals surface area contributed by atoms with Gasteiger partial charge < -0.3 is 10.2 Å². The Morgan fingerprint density at radius 1 is 1.33 bits per heavy atom. The van der Waals surface area contributed by atoms with Crippen LogP contribution in [0.2, 0.25) is 0 Å². The van der Waals surface area contributed by atoms with E-state index < -0.39 is 0 Å². The summed E-state index contributed by atoms with van der Waals surface area (Å²) in [5, 5.41) is 3.46. The van der Waals surface area contributed by atoms with E-state index in [1.165, 1.54) is 12.8 Å². The molecule has 2 fully saturated rings. The van der Waals surface area contributed by atoms with Crippen molar-refractivity contribution in [2.75, 3.05) is 25.5 Å². The van der Waals surface area contributed by atoms with Gasteiger partial charge in [0.15, 0.2) is 0 Å². The van der Waals surface area contributed by atoms with E-state index in [0.29, 0.717) is 6.04 Å². The van der Waals surface area contributed by atoms with Crippen LogP contribution in [0.4, 0.5) is 0 Å². The standard InChI is InChI=1S/C11H19ClN2O/c12-6-11(15)14-5-1-2-10(14)8-13-7-9-3-4-9/h9-10,13H,1-8H2/t10-/m0/s1. The molecule has 4 heteroatoms. The molecule has 15 heavy (non-hydrogen) atoms. The van der Waals surface area contributed by atoms with Crippen LogP contribution in [0.25, 0.3) is 0 Å². The number of amides is 1. The van der Waals surface area contributed by atoms with Gasteiger partial charge in [0.1, 0.15) is 5.88 Å². The minimum atomic E-state index is 0.0902. The molecule has 0 spiro atoms. The first-order chi connectivity index (χ1) is 7.31. The lowest BCUT2D eigenvalue weighted by Gasteiger charge is -2.24. The molecule has 3 nitrogen and oxygen atoms in total. The number of halogens is 1. The van der Waals surface area contributed by atoms with Crippen LogP contribution in [0.15, 0.2) is 0 Å². The van der Waals surface area contributed by atoms with Crippen LogP contribution < -0.4 is 5.32 Å². The van der Waals surface area contributed by atoms with Crippen molar-refractivity contribution in [1.29, 1.82) is 0 Å². The highest BCUT2D eigenvalue weighted by molar-refractivity contribution is 6.27. The molecule has 1 heterocycles. The summed E-state index contributed by atoms with van der Waals surface area (Å²) in [5.74, 6) is 1.12. The van der Waals surface area contributed by atoms with E-state index in [-0.39, 0.29) is 11.8 Å². The summed E-state index contributed by atoms with van der Waals surface area (Å²) in [6, 6.07) is 0.384.